The molecule has 4 N–H and O–H groups in total. The van der Waals surface area contributed by atoms with Crippen LogP contribution in [-0.4, -0.2) is 57.7 Å². The van der Waals surface area contributed by atoms with Crippen LogP contribution in [0.1, 0.15) is 0 Å². The highest BCUT2D eigenvalue weighted by atomic mass is 32.5. The van der Waals surface area contributed by atoms with Crippen LogP contribution in [0.4, 0.5) is 0 Å². The van der Waals surface area contributed by atoms with Gasteiger partial charge in [0, 0.05) is 0 Å². The zero-order chi connectivity index (χ0) is 12.5. The van der Waals surface area contributed by atoms with E-state index < -0.39 is 44.0 Å². The van der Waals surface area contributed by atoms with Gasteiger partial charge in [-0.15, -0.1) is 11.8 Å². The maximum Gasteiger partial charge on any atom is 0.188 e. The lowest BCUT2D eigenvalue weighted by molar-refractivity contribution is -0.352. The fourth-order valence-corrected chi connectivity index (χ4v) is 1.97. The van der Waals surface area contributed by atoms with E-state index in [2.05, 4.69) is 16.3 Å². The van der Waals surface area contributed by atoms with Gasteiger partial charge >= 0.3 is 0 Å². The van der Waals surface area contributed by atoms with Crippen molar-refractivity contribution in [3.8, 4) is 0 Å². The summed E-state index contributed by atoms with van der Waals surface area (Å²) in [4.78, 5) is 21.3. The molecule has 0 spiro atoms. The second kappa shape index (κ2) is 5.32. The Balaban J connectivity index is 2.75. The quantitative estimate of drug-likeness (QED) is 0.376. The third-order valence-corrected chi connectivity index (χ3v) is 2.81. The fraction of sp³-hybridized carbons (Fsp3) is 1.00. The maximum absolute atomic E-state index is 10.7. The van der Waals surface area contributed by atoms with Crippen LogP contribution in [0.2, 0.25) is 0 Å². The van der Waals surface area contributed by atoms with Crippen LogP contribution in [-0.2, 0) is 21.1 Å². The summed E-state index contributed by atoms with van der Waals surface area (Å²) < 4.78 is 8.94. The van der Waals surface area contributed by atoms with E-state index in [0.29, 0.717) is 0 Å². The Labute approximate surface area is 95.9 Å². The van der Waals surface area contributed by atoms with Crippen molar-refractivity contribution < 1.29 is 39.5 Å². The largest absolute Gasteiger partial charge is 0.812 e. The molecule has 0 aromatic rings. The van der Waals surface area contributed by atoms with Crippen molar-refractivity contribution in [1.29, 1.82) is 0 Å². The van der Waals surface area contributed by atoms with Crippen LogP contribution in [0.3, 0.4) is 0 Å². The molecule has 96 valence electrons. The summed E-state index contributed by atoms with van der Waals surface area (Å²) >= 11 is 3.94. The zero-order valence-electron chi connectivity index (χ0n) is 7.87. The van der Waals surface area contributed by atoms with Crippen molar-refractivity contribution in [2.75, 3.05) is 6.61 Å². The molecule has 1 heterocycles. The molecular formula is C6H11O8PS-2. The molecule has 0 radical (unpaired) electrons. The van der Waals surface area contributed by atoms with Crippen LogP contribution in [0.25, 0.3) is 0 Å². The standard InChI is InChI=1S/C6H13O8PS/c7-1-2-3(8)4(9)5(10)6(13-2)14-15(11,12)16/h2-10H,1H2,(H2,11,12,16)/p-2/t2?,3?,4?,5?,6-/m0/s1. The monoisotopic (exact) mass is 274 g/mol. The Morgan fingerprint density at radius 3 is 2.19 bits per heavy atom. The summed E-state index contributed by atoms with van der Waals surface area (Å²) in [5, 5.41) is 36.7. The summed E-state index contributed by atoms with van der Waals surface area (Å²) in [6, 6.07) is 0. The van der Waals surface area contributed by atoms with Gasteiger partial charge in [0.05, 0.1) is 6.61 Å². The summed E-state index contributed by atoms with van der Waals surface area (Å²) in [6.45, 7) is -5.26. The van der Waals surface area contributed by atoms with Crippen LogP contribution in [0.15, 0.2) is 0 Å². The first-order valence-electron chi connectivity index (χ1n) is 4.27. The summed E-state index contributed by atoms with van der Waals surface area (Å²) in [5.41, 5.74) is 0. The highest BCUT2D eigenvalue weighted by molar-refractivity contribution is 8.05. The van der Waals surface area contributed by atoms with E-state index >= 15 is 0 Å². The molecule has 8 nitrogen and oxygen atoms in total. The van der Waals surface area contributed by atoms with Crippen molar-refractivity contribution in [2.45, 2.75) is 30.7 Å². The molecule has 1 fully saturated rings. The Morgan fingerprint density at radius 2 is 1.75 bits per heavy atom. The van der Waals surface area contributed by atoms with E-state index in [-0.39, 0.29) is 0 Å². The lowest BCUT2D eigenvalue weighted by Crippen LogP contribution is -2.59. The number of hydrogen-bond acceptors (Lipinski definition) is 9. The molecule has 1 aliphatic rings. The number of ether oxygens (including phenoxy) is 1. The van der Waals surface area contributed by atoms with Crippen molar-refractivity contribution in [3.63, 3.8) is 0 Å². The Hall–Kier alpha value is 0.330. The van der Waals surface area contributed by atoms with E-state index in [1.54, 1.807) is 0 Å². The molecule has 1 aliphatic heterocycles. The number of hydrogen-bond donors (Lipinski definition) is 4. The first kappa shape index (κ1) is 14.4. The van der Waals surface area contributed by atoms with E-state index in [0.717, 1.165) is 0 Å². The molecule has 1 rings (SSSR count). The summed E-state index contributed by atoms with van der Waals surface area (Å²) in [7, 11) is 0. The minimum atomic E-state index is -4.58. The minimum absolute atomic E-state index is 0.675. The highest BCUT2D eigenvalue weighted by Gasteiger charge is 2.44. The number of aliphatic hydroxyl groups is 4. The third-order valence-electron chi connectivity index (χ3n) is 2.08. The number of aliphatic hydroxyl groups excluding tert-OH is 4. The minimum Gasteiger partial charge on any atom is -0.812 e. The molecule has 0 aliphatic carbocycles. The van der Waals surface area contributed by atoms with Gasteiger partial charge < -0.3 is 39.5 Å². The lowest BCUT2D eigenvalue weighted by atomic mass is 10.00. The fourth-order valence-electron chi connectivity index (χ4n) is 1.28. The van der Waals surface area contributed by atoms with Gasteiger partial charge in [0.15, 0.2) is 6.29 Å². The SMILES string of the molecule is [O-]P([O-])(=S)O[C@@H]1OC(CO)C(O)C(O)C1O. The van der Waals surface area contributed by atoms with Gasteiger partial charge in [-0.1, -0.05) is 6.72 Å². The van der Waals surface area contributed by atoms with E-state index in [9.17, 15) is 25.1 Å². The zero-order valence-corrected chi connectivity index (χ0v) is 9.58. The second-order valence-electron chi connectivity index (χ2n) is 3.25. The maximum atomic E-state index is 10.7. The van der Waals surface area contributed by atoms with Crippen molar-refractivity contribution in [2.24, 2.45) is 0 Å². The molecule has 10 heteroatoms. The smallest absolute Gasteiger partial charge is 0.188 e. The molecule has 0 saturated carbocycles. The topological polar surface area (TPSA) is 146 Å². The van der Waals surface area contributed by atoms with Gasteiger partial charge in [-0.25, -0.2) is 0 Å². The van der Waals surface area contributed by atoms with E-state index in [4.69, 9.17) is 9.84 Å². The van der Waals surface area contributed by atoms with Gasteiger partial charge in [0.25, 0.3) is 0 Å². The Kier molecular flexibility index (Phi) is 4.78. The van der Waals surface area contributed by atoms with Gasteiger partial charge in [0.1, 0.15) is 24.4 Å². The molecule has 16 heavy (non-hydrogen) atoms. The van der Waals surface area contributed by atoms with E-state index in [1.165, 1.54) is 0 Å². The van der Waals surface area contributed by atoms with Crippen molar-refractivity contribution in [3.05, 3.63) is 0 Å². The molecular weight excluding hydrogens is 263 g/mol. The summed E-state index contributed by atoms with van der Waals surface area (Å²) in [5.74, 6) is 0. The van der Waals surface area contributed by atoms with Crippen LogP contribution >= 0.6 is 6.72 Å². The second-order valence-corrected chi connectivity index (χ2v) is 5.70. The van der Waals surface area contributed by atoms with Crippen LogP contribution < -0.4 is 9.79 Å². The third kappa shape index (κ3) is 3.41. The Bertz CT molecular complexity index is 280. The van der Waals surface area contributed by atoms with Crippen molar-refractivity contribution >= 4 is 18.5 Å². The van der Waals surface area contributed by atoms with Crippen molar-refractivity contribution in [1.82, 2.24) is 0 Å². The van der Waals surface area contributed by atoms with Gasteiger partial charge in [-0.2, -0.15) is 0 Å². The molecule has 0 aromatic heterocycles. The number of rotatable bonds is 3. The summed E-state index contributed by atoms with van der Waals surface area (Å²) in [6.07, 6.45) is -8.02. The lowest BCUT2D eigenvalue weighted by Gasteiger charge is -2.45. The predicted octanol–water partition coefficient (Wildman–Crippen LogP) is -4.25. The molecule has 5 atom stereocenters. The van der Waals surface area contributed by atoms with Gasteiger partial charge in [-0.05, 0) is 0 Å². The van der Waals surface area contributed by atoms with Crippen LogP contribution in [0, 0.1) is 0 Å². The highest BCUT2D eigenvalue weighted by Crippen LogP contribution is 2.33. The molecule has 0 amide bonds. The Morgan fingerprint density at radius 1 is 1.19 bits per heavy atom. The van der Waals surface area contributed by atoms with Gasteiger partial charge in [0.2, 0.25) is 0 Å². The molecule has 0 aromatic carbocycles. The first-order chi connectivity index (χ1) is 7.26. The average molecular weight is 274 g/mol. The molecule has 1 saturated heterocycles. The first-order valence-corrected chi connectivity index (χ1v) is 6.83. The van der Waals surface area contributed by atoms with E-state index in [1.807, 2.05) is 0 Å². The van der Waals surface area contributed by atoms with Gasteiger partial charge in [-0.3, -0.25) is 0 Å². The van der Waals surface area contributed by atoms with Crippen LogP contribution in [0.5, 0.6) is 0 Å². The normalized spacial score (nSPS) is 41.0. The molecule has 0 bridgehead atoms. The predicted molar refractivity (Wildman–Crippen MR) is 49.1 cm³/mol. The molecule has 4 unspecified atom stereocenters. The average Bonchev–Trinajstić information content (AvgIpc) is 2.17.